The molecule has 0 saturated heterocycles. The highest BCUT2D eigenvalue weighted by molar-refractivity contribution is 9.10. The van der Waals surface area contributed by atoms with Crippen LogP contribution in [-0.4, -0.2) is 23.4 Å². The summed E-state index contributed by atoms with van der Waals surface area (Å²) in [6, 6.07) is 0. The van der Waals surface area contributed by atoms with Gasteiger partial charge in [0.25, 0.3) is 0 Å². The van der Waals surface area contributed by atoms with Crippen LogP contribution in [0.2, 0.25) is 0 Å². The summed E-state index contributed by atoms with van der Waals surface area (Å²) >= 11 is 3.67. The Morgan fingerprint density at radius 3 is 2.62 bits per heavy atom. The van der Waals surface area contributed by atoms with Crippen LogP contribution in [0, 0.1) is 0 Å². The number of nitrogens with zero attached hydrogens (tertiary/aromatic N) is 2. The highest BCUT2D eigenvalue weighted by Crippen LogP contribution is 2.23. The summed E-state index contributed by atoms with van der Waals surface area (Å²) in [6.45, 7) is 6.35. The van der Waals surface area contributed by atoms with Crippen LogP contribution in [-0.2, 0) is 19.4 Å². The lowest BCUT2D eigenvalue weighted by Gasteiger charge is -2.05. The zero-order valence-electron chi connectivity index (χ0n) is 10.5. The molecule has 1 N–H and O–H groups in total. The Morgan fingerprint density at radius 2 is 2.06 bits per heavy atom. The largest absolute Gasteiger partial charge is 0.320 e. The standard InChI is InChI=1S/C12H22BrN3/c1-4-10-12(13)11(16(5-2)15-10)8-6-7-9-14-3/h14H,4-9H2,1-3H3. The van der Waals surface area contributed by atoms with Crippen molar-refractivity contribution >= 4 is 15.9 Å². The van der Waals surface area contributed by atoms with E-state index in [9.17, 15) is 0 Å². The summed E-state index contributed by atoms with van der Waals surface area (Å²) < 4.78 is 3.35. The monoisotopic (exact) mass is 287 g/mol. The highest BCUT2D eigenvalue weighted by Gasteiger charge is 2.12. The maximum Gasteiger partial charge on any atom is 0.0766 e. The quantitative estimate of drug-likeness (QED) is 0.782. The van der Waals surface area contributed by atoms with Gasteiger partial charge in [0.05, 0.1) is 15.9 Å². The van der Waals surface area contributed by atoms with Crippen molar-refractivity contribution in [2.24, 2.45) is 0 Å². The summed E-state index contributed by atoms with van der Waals surface area (Å²) in [5, 5.41) is 7.78. The van der Waals surface area contributed by atoms with E-state index in [-0.39, 0.29) is 0 Å². The fraction of sp³-hybridized carbons (Fsp3) is 0.750. The van der Waals surface area contributed by atoms with Crippen molar-refractivity contribution in [1.82, 2.24) is 15.1 Å². The number of nitrogens with one attached hydrogen (secondary N) is 1. The summed E-state index contributed by atoms with van der Waals surface area (Å²) in [5.41, 5.74) is 2.54. The smallest absolute Gasteiger partial charge is 0.0766 e. The Kier molecular flexibility index (Phi) is 6.06. The third-order valence-electron chi connectivity index (χ3n) is 2.78. The van der Waals surface area contributed by atoms with Crippen LogP contribution in [0.5, 0.6) is 0 Å². The maximum atomic E-state index is 4.60. The number of hydrogen-bond acceptors (Lipinski definition) is 2. The number of aryl methyl sites for hydroxylation is 2. The molecule has 92 valence electrons. The first-order valence-corrected chi connectivity index (χ1v) is 6.92. The van der Waals surface area contributed by atoms with Crippen LogP contribution in [0.3, 0.4) is 0 Å². The lowest BCUT2D eigenvalue weighted by atomic mass is 10.1. The molecule has 0 fully saturated rings. The van der Waals surface area contributed by atoms with Gasteiger partial charge in [-0.2, -0.15) is 5.10 Å². The Morgan fingerprint density at radius 1 is 1.31 bits per heavy atom. The lowest BCUT2D eigenvalue weighted by molar-refractivity contribution is 0.589. The molecular weight excluding hydrogens is 266 g/mol. The number of hydrogen-bond donors (Lipinski definition) is 1. The first-order valence-electron chi connectivity index (χ1n) is 6.13. The lowest BCUT2D eigenvalue weighted by Crippen LogP contribution is -2.09. The molecule has 0 aliphatic heterocycles. The van der Waals surface area contributed by atoms with Gasteiger partial charge in [-0.15, -0.1) is 0 Å². The number of rotatable bonds is 7. The molecule has 4 heteroatoms. The summed E-state index contributed by atoms with van der Waals surface area (Å²) in [7, 11) is 2.00. The van der Waals surface area contributed by atoms with E-state index in [0.717, 1.165) is 25.9 Å². The number of unbranched alkanes of at least 4 members (excludes halogenated alkanes) is 1. The zero-order chi connectivity index (χ0) is 12.0. The van der Waals surface area contributed by atoms with Crippen LogP contribution in [0.15, 0.2) is 4.47 Å². The molecule has 0 aliphatic carbocycles. The zero-order valence-corrected chi connectivity index (χ0v) is 12.1. The van der Waals surface area contributed by atoms with E-state index in [1.807, 2.05) is 7.05 Å². The van der Waals surface area contributed by atoms with Gasteiger partial charge in [0, 0.05) is 6.54 Å². The first-order chi connectivity index (χ1) is 7.74. The predicted molar refractivity (Wildman–Crippen MR) is 71.8 cm³/mol. The molecule has 0 atom stereocenters. The molecule has 1 rings (SSSR count). The Bertz CT molecular complexity index is 320. The molecule has 1 aromatic heterocycles. The second kappa shape index (κ2) is 7.07. The van der Waals surface area contributed by atoms with E-state index in [1.165, 1.54) is 28.7 Å². The van der Waals surface area contributed by atoms with Gasteiger partial charge < -0.3 is 5.32 Å². The van der Waals surface area contributed by atoms with Gasteiger partial charge in [-0.1, -0.05) is 6.92 Å². The van der Waals surface area contributed by atoms with Crippen molar-refractivity contribution in [3.8, 4) is 0 Å². The molecule has 0 unspecified atom stereocenters. The topological polar surface area (TPSA) is 29.9 Å². The number of aromatic nitrogens is 2. The molecule has 0 saturated carbocycles. The molecule has 0 radical (unpaired) electrons. The van der Waals surface area contributed by atoms with Crippen molar-refractivity contribution in [2.45, 2.75) is 46.1 Å². The molecule has 16 heavy (non-hydrogen) atoms. The van der Waals surface area contributed by atoms with E-state index in [1.54, 1.807) is 0 Å². The maximum absolute atomic E-state index is 4.60. The van der Waals surface area contributed by atoms with Crippen LogP contribution in [0.4, 0.5) is 0 Å². The Labute approximate surface area is 107 Å². The minimum Gasteiger partial charge on any atom is -0.320 e. The molecule has 3 nitrogen and oxygen atoms in total. The minimum atomic E-state index is 0.958. The fourth-order valence-corrected chi connectivity index (χ4v) is 2.61. The summed E-state index contributed by atoms with van der Waals surface area (Å²) in [4.78, 5) is 0. The van der Waals surface area contributed by atoms with Gasteiger partial charge in [-0.05, 0) is 62.1 Å². The van der Waals surface area contributed by atoms with Gasteiger partial charge in [0.2, 0.25) is 0 Å². The van der Waals surface area contributed by atoms with E-state index in [0.29, 0.717) is 0 Å². The number of halogens is 1. The normalized spacial score (nSPS) is 11.0. The molecular formula is C12H22BrN3. The van der Waals surface area contributed by atoms with E-state index in [2.05, 4.69) is 44.9 Å². The van der Waals surface area contributed by atoms with Crippen LogP contribution in [0.25, 0.3) is 0 Å². The van der Waals surface area contributed by atoms with E-state index >= 15 is 0 Å². The van der Waals surface area contributed by atoms with Crippen molar-refractivity contribution < 1.29 is 0 Å². The van der Waals surface area contributed by atoms with Crippen molar-refractivity contribution in [3.63, 3.8) is 0 Å². The van der Waals surface area contributed by atoms with Gasteiger partial charge in [-0.25, -0.2) is 0 Å². The molecule has 0 aliphatic rings. The second-order valence-corrected chi connectivity index (χ2v) is 4.73. The van der Waals surface area contributed by atoms with Gasteiger partial charge in [0.1, 0.15) is 0 Å². The SMILES string of the molecule is CCc1nn(CC)c(CCCCNC)c1Br. The second-order valence-electron chi connectivity index (χ2n) is 3.94. The van der Waals surface area contributed by atoms with Crippen molar-refractivity contribution in [3.05, 3.63) is 15.9 Å². The predicted octanol–water partition coefficient (Wildman–Crippen LogP) is 2.77. The third-order valence-corrected chi connectivity index (χ3v) is 3.70. The average Bonchev–Trinajstić information content (AvgIpc) is 2.61. The molecule has 1 aromatic rings. The average molecular weight is 288 g/mol. The third kappa shape index (κ3) is 3.32. The fourth-order valence-electron chi connectivity index (χ4n) is 1.85. The molecule has 0 aromatic carbocycles. The summed E-state index contributed by atoms with van der Waals surface area (Å²) in [6.07, 6.45) is 4.55. The molecule has 0 spiro atoms. The highest BCUT2D eigenvalue weighted by atomic mass is 79.9. The molecule has 0 bridgehead atoms. The van der Waals surface area contributed by atoms with Gasteiger partial charge in [0.15, 0.2) is 0 Å². The Hall–Kier alpha value is -0.350. The van der Waals surface area contributed by atoms with Crippen molar-refractivity contribution in [2.75, 3.05) is 13.6 Å². The van der Waals surface area contributed by atoms with Gasteiger partial charge >= 0.3 is 0 Å². The first kappa shape index (κ1) is 13.7. The van der Waals surface area contributed by atoms with E-state index in [4.69, 9.17) is 0 Å². The molecule has 0 amide bonds. The van der Waals surface area contributed by atoms with Crippen LogP contribution >= 0.6 is 15.9 Å². The summed E-state index contributed by atoms with van der Waals surface area (Å²) in [5.74, 6) is 0. The Balaban J connectivity index is 2.65. The van der Waals surface area contributed by atoms with Gasteiger partial charge in [-0.3, -0.25) is 4.68 Å². The minimum absolute atomic E-state index is 0.958. The van der Waals surface area contributed by atoms with Crippen LogP contribution < -0.4 is 5.32 Å². The molecule has 1 heterocycles. The van der Waals surface area contributed by atoms with Crippen molar-refractivity contribution in [1.29, 1.82) is 0 Å². The van der Waals surface area contributed by atoms with E-state index < -0.39 is 0 Å². The van der Waals surface area contributed by atoms with Crippen LogP contribution in [0.1, 0.15) is 38.1 Å².